The van der Waals surface area contributed by atoms with E-state index in [4.69, 9.17) is 23.4 Å². The maximum Gasteiger partial charge on any atom is 0.338 e. The average molecular weight is 645 g/mol. The van der Waals surface area contributed by atoms with Crippen LogP contribution < -0.4 is 10.4 Å². The first-order valence-corrected chi connectivity index (χ1v) is 18.1. The monoisotopic (exact) mass is 644 g/mol. The van der Waals surface area contributed by atoms with Crippen LogP contribution in [-0.2, 0) is 28.2 Å². The molecule has 8 heteroatoms. The summed E-state index contributed by atoms with van der Waals surface area (Å²) in [6, 6.07) is 29.9. The smallest absolute Gasteiger partial charge is 0.338 e. The Labute approximate surface area is 275 Å². The van der Waals surface area contributed by atoms with E-state index in [1.165, 1.54) is 16.4 Å². The molecule has 7 nitrogen and oxygen atoms in total. The molecule has 3 aromatic rings. The fourth-order valence-corrected chi connectivity index (χ4v) is 10.7. The van der Waals surface area contributed by atoms with Gasteiger partial charge in [0.2, 0.25) is 0 Å². The van der Waals surface area contributed by atoms with Crippen LogP contribution in [0.25, 0.3) is 0 Å². The van der Waals surface area contributed by atoms with Gasteiger partial charge in [-0.1, -0.05) is 106 Å². The van der Waals surface area contributed by atoms with E-state index in [0.717, 1.165) is 0 Å². The summed E-state index contributed by atoms with van der Waals surface area (Å²) in [7, 11) is -2.91. The molecule has 0 aliphatic carbocycles. The van der Waals surface area contributed by atoms with Crippen molar-refractivity contribution in [2.75, 3.05) is 6.61 Å². The molecule has 0 bridgehead atoms. The average Bonchev–Trinajstić information content (AvgIpc) is 3.04. The van der Waals surface area contributed by atoms with Crippen LogP contribution in [0.1, 0.15) is 71.2 Å². The van der Waals surface area contributed by atoms with Gasteiger partial charge in [0.1, 0.15) is 0 Å². The van der Waals surface area contributed by atoms with E-state index in [1.54, 1.807) is 25.1 Å². The molecule has 246 valence electrons. The van der Waals surface area contributed by atoms with Gasteiger partial charge in [-0.2, -0.15) is 0 Å². The lowest BCUT2D eigenvalue weighted by molar-refractivity contribution is -0.270. The van der Waals surface area contributed by atoms with Crippen molar-refractivity contribution in [1.29, 1.82) is 0 Å². The van der Waals surface area contributed by atoms with Crippen molar-refractivity contribution in [3.63, 3.8) is 0 Å². The van der Waals surface area contributed by atoms with E-state index in [9.17, 15) is 9.59 Å². The minimum atomic E-state index is -2.91. The topological polar surface area (TPSA) is 80.3 Å². The van der Waals surface area contributed by atoms with Gasteiger partial charge < -0.3 is 23.4 Å². The molecule has 1 aliphatic rings. The van der Waals surface area contributed by atoms with Gasteiger partial charge in [0.25, 0.3) is 8.32 Å². The molecule has 3 aromatic carbocycles. The Balaban J connectivity index is 1.61. The molecular weight excluding hydrogens is 596 g/mol. The van der Waals surface area contributed by atoms with Gasteiger partial charge in [0, 0.05) is 12.5 Å². The predicted molar refractivity (Wildman–Crippen MR) is 183 cm³/mol. The summed E-state index contributed by atoms with van der Waals surface area (Å²) in [6.07, 6.45) is 2.46. The Morgan fingerprint density at radius 1 is 0.913 bits per heavy atom. The maximum atomic E-state index is 13.3. The van der Waals surface area contributed by atoms with Gasteiger partial charge in [0.05, 0.1) is 30.5 Å². The number of carbonyl (C=O) groups excluding carboxylic acids is 2. The largest absolute Gasteiger partial charge is 0.463 e. The van der Waals surface area contributed by atoms with E-state index in [0.29, 0.717) is 31.4 Å². The van der Waals surface area contributed by atoms with Crippen molar-refractivity contribution in [1.82, 2.24) is 0 Å². The van der Waals surface area contributed by atoms with Crippen LogP contribution in [0, 0.1) is 0 Å². The minimum absolute atomic E-state index is 0.226. The van der Waals surface area contributed by atoms with E-state index < -0.39 is 26.7 Å². The van der Waals surface area contributed by atoms with Gasteiger partial charge in [-0.25, -0.2) is 9.59 Å². The maximum absolute atomic E-state index is 13.3. The van der Waals surface area contributed by atoms with Crippen molar-refractivity contribution in [2.24, 2.45) is 0 Å². The standard InChI is InChI=1S/C38H48O7Si/c1-7-41-35(39)26-18-17-19-28(2)42-37-34(44-36(40)30-20-11-8-12-21-30)27-33(29(3)43-37)45-46(38(4,5)6,31-22-13-9-14-23-31)32-24-15-10-16-25-32/h8-16,18,20-26,28-29,33-34,37H,7,17,19,27H2,1-6H3/b26-18+/t28?,29-,33+,34+,37+/m0/s1. The van der Waals surface area contributed by atoms with E-state index in [-0.39, 0.29) is 29.3 Å². The van der Waals surface area contributed by atoms with Crippen LogP contribution in [0.4, 0.5) is 0 Å². The summed E-state index contributed by atoms with van der Waals surface area (Å²) in [5, 5.41) is 2.10. The van der Waals surface area contributed by atoms with Crippen LogP contribution in [0.5, 0.6) is 0 Å². The summed E-state index contributed by atoms with van der Waals surface area (Å²) in [4.78, 5) is 25.0. The summed E-state index contributed by atoms with van der Waals surface area (Å²) >= 11 is 0. The molecule has 5 atom stereocenters. The Morgan fingerprint density at radius 2 is 1.48 bits per heavy atom. The number of rotatable bonds is 13. The zero-order chi connectivity index (χ0) is 33.2. The fourth-order valence-electron chi connectivity index (χ4n) is 5.98. The van der Waals surface area contributed by atoms with Crippen LogP contribution in [0.2, 0.25) is 5.04 Å². The first kappa shape index (κ1) is 35.3. The highest BCUT2D eigenvalue weighted by molar-refractivity contribution is 6.99. The molecule has 0 amide bonds. The molecule has 1 unspecified atom stereocenters. The van der Waals surface area contributed by atoms with Crippen LogP contribution >= 0.6 is 0 Å². The molecular formula is C38H48O7Si. The molecule has 0 saturated carbocycles. The number of benzene rings is 3. The Bertz CT molecular complexity index is 1370. The van der Waals surface area contributed by atoms with Crippen LogP contribution in [0.15, 0.2) is 103 Å². The van der Waals surface area contributed by atoms with Crippen molar-refractivity contribution in [3.8, 4) is 0 Å². The summed E-state index contributed by atoms with van der Waals surface area (Å²) in [5.41, 5.74) is 0.460. The first-order chi connectivity index (χ1) is 22.0. The third-order valence-electron chi connectivity index (χ3n) is 8.30. The summed E-state index contributed by atoms with van der Waals surface area (Å²) in [5.74, 6) is -0.799. The Morgan fingerprint density at radius 3 is 2.02 bits per heavy atom. The van der Waals surface area contributed by atoms with Crippen molar-refractivity contribution >= 4 is 30.6 Å². The third-order valence-corrected chi connectivity index (χ3v) is 13.4. The minimum Gasteiger partial charge on any atom is -0.463 e. The second-order valence-corrected chi connectivity index (χ2v) is 17.0. The number of carbonyl (C=O) groups is 2. The normalized spacial score (nSPS) is 21.1. The second-order valence-electron chi connectivity index (χ2n) is 12.8. The van der Waals surface area contributed by atoms with Gasteiger partial charge in [-0.05, 0) is 61.2 Å². The molecule has 1 heterocycles. The zero-order valence-corrected chi connectivity index (χ0v) is 28.9. The molecule has 4 rings (SSSR count). The predicted octanol–water partition coefficient (Wildman–Crippen LogP) is 6.60. The summed E-state index contributed by atoms with van der Waals surface area (Å²) < 4.78 is 31.4. The van der Waals surface area contributed by atoms with Crippen molar-refractivity contribution in [2.45, 2.75) is 96.5 Å². The zero-order valence-electron chi connectivity index (χ0n) is 27.9. The number of hydrogen-bond donors (Lipinski definition) is 0. The summed E-state index contributed by atoms with van der Waals surface area (Å²) in [6.45, 7) is 12.8. The highest BCUT2D eigenvalue weighted by Crippen LogP contribution is 2.40. The number of ether oxygens (including phenoxy) is 4. The highest BCUT2D eigenvalue weighted by atomic mass is 28.4. The van der Waals surface area contributed by atoms with Crippen LogP contribution in [0.3, 0.4) is 0 Å². The second kappa shape index (κ2) is 16.3. The number of hydrogen-bond acceptors (Lipinski definition) is 7. The quantitative estimate of drug-likeness (QED) is 0.118. The fraction of sp³-hybridized carbons (Fsp3) is 0.421. The Hall–Kier alpha value is -3.56. The molecule has 1 fully saturated rings. The van der Waals surface area contributed by atoms with Gasteiger partial charge >= 0.3 is 11.9 Å². The van der Waals surface area contributed by atoms with Gasteiger partial charge in [-0.15, -0.1) is 0 Å². The molecule has 0 spiro atoms. The SMILES string of the molecule is CCOC(=O)/C=C/CCC(C)O[C@@H]1O[C@@H](C)[C@H](O[Si](c2ccccc2)(c2ccccc2)C(C)(C)C)C[C@H]1OC(=O)c1ccccc1. The molecule has 0 aromatic heterocycles. The number of esters is 2. The van der Waals surface area contributed by atoms with Gasteiger partial charge in [0.15, 0.2) is 12.4 Å². The lowest BCUT2D eigenvalue weighted by atomic mass is 10.0. The van der Waals surface area contributed by atoms with Crippen molar-refractivity contribution < 1.29 is 33.0 Å². The van der Waals surface area contributed by atoms with Crippen LogP contribution in [-0.4, -0.2) is 57.6 Å². The molecule has 1 aliphatic heterocycles. The molecule has 1 saturated heterocycles. The first-order valence-electron chi connectivity index (χ1n) is 16.2. The van der Waals surface area contributed by atoms with Gasteiger partial charge in [-0.3, -0.25) is 0 Å². The lowest BCUT2D eigenvalue weighted by Crippen LogP contribution is -2.69. The van der Waals surface area contributed by atoms with E-state index >= 15 is 0 Å². The third kappa shape index (κ3) is 8.82. The van der Waals surface area contributed by atoms with E-state index in [1.807, 2.05) is 44.2 Å². The highest BCUT2D eigenvalue weighted by Gasteiger charge is 2.53. The van der Waals surface area contributed by atoms with E-state index in [2.05, 4.69) is 69.3 Å². The molecule has 0 radical (unpaired) electrons. The molecule has 46 heavy (non-hydrogen) atoms. The van der Waals surface area contributed by atoms with Crippen molar-refractivity contribution in [3.05, 3.63) is 109 Å². The lowest BCUT2D eigenvalue weighted by Gasteiger charge is -2.48. The Kier molecular flexibility index (Phi) is 12.5. The number of allylic oxidation sites excluding steroid dienone is 1. The molecule has 0 N–H and O–H groups in total.